The predicted molar refractivity (Wildman–Crippen MR) is 165 cm³/mol. The quantitative estimate of drug-likeness (QED) is 0.124. The molecule has 3 aromatic rings. The molecule has 0 aliphatic carbocycles. The number of nitrogens with two attached hydrogens (primary N) is 1. The van der Waals surface area contributed by atoms with Crippen LogP contribution in [0, 0.1) is 0 Å². The maximum absolute atomic E-state index is 10.9. The largest absolute Gasteiger partial charge is 0.481 e. The molecule has 0 fully saturated rings. The molecule has 226 valence electrons. The number of amides is 1. The van der Waals surface area contributed by atoms with E-state index in [9.17, 15) is 9.59 Å². The molecule has 7 heteroatoms. The second-order valence-corrected chi connectivity index (χ2v) is 11.7. The van der Waals surface area contributed by atoms with Gasteiger partial charge in [-0.3, -0.25) is 14.6 Å². The monoisotopic (exact) mass is 574 g/mol. The number of unbranched alkanes of at least 4 members (excludes halogenated alkanes) is 4. The normalized spacial score (nSPS) is 13.4. The first-order valence-corrected chi connectivity index (χ1v) is 15.7. The van der Waals surface area contributed by atoms with Crippen molar-refractivity contribution in [2.75, 3.05) is 0 Å². The summed E-state index contributed by atoms with van der Waals surface area (Å²) in [5.74, 6) is 0.382. The molecular weight excluding hydrogens is 524 g/mol. The second-order valence-electron chi connectivity index (χ2n) is 11.7. The van der Waals surface area contributed by atoms with E-state index in [2.05, 4.69) is 89.2 Å². The zero-order valence-electron chi connectivity index (χ0n) is 25.5. The number of primary amides is 1. The lowest BCUT2D eigenvalue weighted by Gasteiger charge is -2.26. The second kappa shape index (κ2) is 18.0. The van der Waals surface area contributed by atoms with Crippen LogP contribution in [0.4, 0.5) is 0 Å². The lowest BCUT2D eigenvalue weighted by atomic mass is 9.79. The van der Waals surface area contributed by atoms with E-state index >= 15 is 0 Å². The van der Waals surface area contributed by atoms with Gasteiger partial charge in [0.1, 0.15) is 13.1 Å². The molecule has 7 nitrogen and oxygen atoms in total. The van der Waals surface area contributed by atoms with Crippen LogP contribution < -0.4 is 14.9 Å². The topological polar surface area (TPSA) is 101 Å². The number of aromatic nitrogens is 3. The molecule has 0 saturated heterocycles. The Morgan fingerprint density at radius 2 is 1.26 bits per heavy atom. The van der Waals surface area contributed by atoms with Gasteiger partial charge in [-0.25, -0.2) is 9.13 Å². The maximum Gasteiger partial charge on any atom is 0.303 e. The Kier molecular flexibility index (Phi) is 14.1. The predicted octanol–water partition coefficient (Wildman–Crippen LogP) is 6.21. The zero-order valence-corrected chi connectivity index (χ0v) is 25.5. The van der Waals surface area contributed by atoms with Gasteiger partial charge < -0.3 is 10.8 Å². The highest BCUT2D eigenvalue weighted by Crippen LogP contribution is 2.38. The standard InChI is InChI=1S/C35H48N4O3/c1-3-29(32-16-24-39(25-17-32)20-8-4-6-10-34(36)40)27-33(31-12-18-37-19-13-31)26-28(2)30-14-22-38(23-15-30)21-9-5-7-11-35(41)42/h12-19,22-25,28-29,33H,3-11,20-21,26-27H2,1-2H3,(H-2,36,40,41,42)/p+2. The Morgan fingerprint density at radius 3 is 1.79 bits per heavy atom. The average molecular weight is 575 g/mol. The fourth-order valence-electron chi connectivity index (χ4n) is 5.80. The minimum atomic E-state index is -0.713. The van der Waals surface area contributed by atoms with Crippen molar-refractivity contribution in [2.24, 2.45) is 5.73 Å². The Morgan fingerprint density at radius 1 is 0.738 bits per heavy atom. The summed E-state index contributed by atoms with van der Waals surface area (Å²) in [4.78, 5) is 25.9. The molecule has 0 aliphatic heterocycles. The van der Waals surface area contributed by atoms with Crippen LogP contribution in [-0.4, -0.2) is 22.0 Å². The smallest absolute Gasteiger partial charge is 0.303 e. The van der Waals surface area contributed by atoms with Crippen LogP contribution in [0.2, 0.25) is 0 Å². The molecule has 3 aromatic heterocycles. The Balaban J connectivity index is 1.60. The molecule has 1 amide bonds. The molecule has 42 heavy (non-hydrogen) atoms. The highest BCUT2D eigenvalue weighted by atomic mass is 16.4. The van der Waals surface area contributed by atoms with Crippen LogP contribution in [0.5, 0.6) is 0 Å². The molecule has 3 unspecified atom stereocenters. The highest BCUT2D eigenvalue weighted by molar-refractivity contribution is 5.73. The number of hydrogen-bond donors (Lipinski definition) is 2. The molecule has 3 atom stereocenters. The van der Waals surface area contributed by atoms with Gasteiger partial charge in [-0.1, -0.05) is 13.8 Å². The van der Waals surface area contributed by atoms with E-state index in [1.807, 2.05) is 12.4 Å². The molecule has 3 heterocycles. The van der Waals surface area contributed by atoms with Crippen molar-refractivity contribution in [3.05, 3.63) is 90.3 Å². The highest BCUT2D eigenvalue weighted by Gasteiger charge is 2.23. The van der Waals surface area contributed by atoms with E-state index in [1.165, 1.54) is 16.7 Å². The molecule has 0 spiro atoms. The van der Waals surface area contributed by atoms with Crippen molar-refractivity contribution < 1.29 is 23.8 Å². The number of pyridine rings is 3. The number of aryl methyl sites for hydroxylation is 2. The molecule has 0 saturated carbocycles. The van der Waals surface area contributed by atoms with E-state index in [-0.39, 0.29) is 12.3 Å². The van der Waals surface area contributed by atoms with Crippen LogP contribution >= 0.6 is 0 Å². The van der Waals surface area contributed by atoms with Gasteiger partial charge in [-0.2, -0.15) is 0 Å². The van der Waals surface area contributed by atoms with Crippen LogP contribution in [0.3, 0.4) is 0 Å². The summed E-state index contributed by atoms with van der Waals surface area (Å²) in [6.45, 7) is 6.48. The number of aliphatic carboxylic acids is 1. The van der Waals surface area contributed by atoms with Crippen molar-refractivity contribution >= 4 is 11.9 Å². The Labute approximate surface area is 251 Å². The summed E-state index contributed by atoms with van der Waals surface area (Å²) in [6.07, 6.45) is 22.1. The summed E-state index contributed by atoms with van der Waals surface area (Å²) < 4.78 is 4.44. The van der Waals surface area contributed by atoms with E-state index < -0.39 is 5.97 Å². The van der Waals surface area contributed by atoms with E-state index in [1.54, 1.807) is 0 Å². The van der Waals surface area contributed by atoms with Gasteiger partial charge >= 0.3 is 5.97 Å². The van der Waals surface area contributed by atoms with Crippen molar-refractivity contribution in [1.82, 2.24) is 4.98 Å². The number of carbonyl (C=O) groups excluding carboxylic acids is 1. The van der Waals surface area contributed by atoms with Crippen molar-refractivity contribution in [1.29, 1.82) is 0 Å². The minimum Gasteiger partial charge on any atom is -0.481 e. The van der Waals surface area contributed by atoms with Gasteiger partial charge in [0.25, 0.3) is 0 Å². The maximum atomic E-state index is 10.9. The molecule has 3 N–H and O–H groups in total. The first-order valence-electron chi connectivity index (χ1n) is 15.7. The summed E-state index contributed by atoms with van der Waals surface area (Å²) in [5, 5.41) is 8.81. The molecule has 0 aliphatic rings. The van der Waals surface area contributed by atoms with Crippen LogP contribution in [0.1, 0.15) is 119 Å². The number of carboxylic acids is 1. The third kappa shape index (κ3) is 11.7. The Hall–Kier alpha value is -3.61. The van der Waals surface area contributed by atoms with E-state index in [0.717, 1.165) is 70.9 Å². The van der Waals surface area contributed by atoms with Gasteiger partial charge in [0.15, 0.2) is 24.8 Å². The minimum absolute atomic E-state index is 0.215. The fourth-order valence-corrected chi connectivity index (χ4v) is 5.80. The SMILES string of the molecule is CCC(CC(CC(C)c1cc[n+](CCCCCC(=O)O)cc1)c1ccncc1)c1cc[n+](CCCCCC(N)=O)cc1. The lowest BCUT2D eigenvalue weighted by molar-refractivity contribution is -0.697. The third-order valence-electron chi connectivity index (χ3n) is 8.40. The van der Waals surface area contributed by atoms with Gasteiger partial charge in [-0.15, -0.1) is 0 Å². The number of hydrogen-bond acceptors (Lipinski definition) is 3. The third-order valence-corrected chi connectivity index (χ3v) is 8.40. The average Bonchev–Trinajstić information content (AvgIpc) is 2.99. The summed E-state index contributed by atoms with van der Waals surface area (Å²) in [6, 6.07) is 13.4. The van der Waals surface area contributed by atoms with Gasteiger partial charge in [0, 0.05) is 62.3 Å². The lowest BCUT2D eigenvalue weighted by Crippen LogP contribution is -2.32. The number of rotatable bonds is 20. The molecule has 0 bridgehead atoms. The number of nitrogens with zero attached hydrogens (tertiary/aromatic N) is 3. The van der Waals surface area contributed by atoms with Gasteiger partial charge in [0.05, 0.1) is 0 Å². The van der Waals surface area contributed by atoms with Crippen molar-refractivity contribution in [2.45, 2.75) is 115 Å². The zero-order chi connectivity index (χ0) is 30.2. The van der Waals surface area contributed by atoms with Crippen LogP contribution in [0.15, 0.2) is 73.6 Å². The summed E-state index contributed by atoms with van der Waals surface area (Å²) in [7, 11) is 0. The van der Waals surface area contributed by atoms with Gasteiger partial charge in [-0.05, 0) is 91.5 Å². The van der Waals surface area contributed by atoms with E-state index in [4.69, 9.17) is 10.8 Å². The molecule has 3 rings (SSSR count). The van der Waals surface area contributed by atoms with Crippen LogP contribution in [0.25, 0.3) is 0 Å². The molecular formula is C35H50N4O3+2. The number of carboxylic acid groups (broad SMARTS) is 1. The van der Waals surface area contributed by atoms with E-state index in [0.29, 0.717) is 24.2 Å². The van der Waals surface area contributed by atoms with Crippen LogP contribution in [-0.2, 0) is 22.7 Å². The molecule has 0 aromatic carbocycles. The van der Waals surface area contributed by atoms with Gasteiger partial charge in [0.2, 0.25) is 5.91 Å². The molecule has 0 radical (unpaired) electrons. The summed E-state index contributed by atoms with van der Waals surface area (Å²) in [5.41, 5.74) is 9.33. The Bertz CT molecular complexity index is 1200. The first kappa shape index (κ1) is 32.9. The first-order chi connectivity index (χ1) is 20.4. The number of carbonyl (C=O) groups is 2. The van der Waals surface area contributed by atoms with Crippen molar-refractivity contribution in [3.63, 3.8) is 0 Å². The summed E-state index contributed by atoms with van der Waals surface area (Å²) >= 11 is 0. The van der Waals surface area contributed by atoms with Crippen molar-refractivity contribution in [3.8, 4) is 0 Å². The fraction of sp³-hybridized carbons (Fsp3) is 0.514.